The van der Waals surface area contributed by atoms with Crippen LogP contribution < -0.4 is 0 Å². The van der Waals surface area contributed by atoms with Gasteiger partial charge in [-0.15, -0.1) is 0 Å². The van der Waals surface area contributed by atoms with E-state index in [1.165, 1.54) is 6.92 Å². The normalized spacial score (nSPS) is 8.00. The van der Waals surface area contributed by atoms with Crippen LogP contribution in [-0.2, 0) is 30.6 Å². The fourth-order valence-electron chi connectivity index (χ4n) is 0.332. The number of ether oxygens (including phenoxy) is 1. The van der Waals surface area contributed by atoms with Crippen LogP contribution in [0.3, 0.4) is 0 Å². The predicted molar refractivity (Wildman–Crippen MR) is 26.9 cm³/mol. The van der Waals surface area contributed by atoms with Crippen molar-refractivity contribution in [1.82, 2.24) is 0 Å². The first-order chi connectivity index (χ1) is 3.13. The summed E-state index contributed by atoms with van der Waals surface area (Å²) in [6.07, 6.45) is 0.0255. The van der Waals surface area contributed by atoms with E-state index in [9.17, 15) is 4.79 Å². The Morgan fingerprint density at radius 3 is 1.88 bits per heavy atom. The maximum atomic E-state index is 10.0. The molecule has 2 nitrogen and oxygen atoms in total. The fourth-order valence-corrected chi connectivity index (χ4v) is 0.332. The second-order valence-electron chi connectivity index (χ2n) is 1.66. The summed E-state index contributed by atoms with van der Waals surface area (Å²) < 4.78 is 4.61. The van der Waals surface area contributed by atoms with Gasteiger partial charge in [-0.2, -0.15) is 0 Å². The minimum atomic E-state index is -0.213. The Balaban J connectivity index is 0. The van der Waals surface area contributed by atoms with Gasteiger partial charge in [-0.25, -0.2) is 0 Å². The number of hydrogen-bond acceptors (Lipinski definition) is 2. The summed E-state index contributed by atoms with van der Waals surface area (Å²) in [5.74, 6) is -0.213. The molecule has 8 heavy (non-hydrogen) atoms. The summed E-state index contributed by atoms with van der Waals surface area (Å²) in [5, 5.41) is 0. The molecule has 0 saturated heterocycles. The minimum absolute atomic E-state index is 0. The summed E-state index contributed by atoms with van der Waals surface area (Å²) >= 11 is 0. The average Bonchev–Trinajstić information content (AvgIpc) is 1.27. The Morgan fingerprint density at radius 2 is 1.88 bits per heavy atom. The number of carbonyl (C=O) groups excluding carboxylic acids is 1. The maximum absolute atomic E-state index is 10.0. The summed E-state index contributed by atoms with van der Waals surface area (Å²) in [6.45, 7) is 5.04. The Labute approximate surface area is 63.9 Å². The van der Waals surface area contributed by atoms with Gasteiger partial charge in [0.1, 0.15) is 0 Å². The van der Waals surface area contributed by atoms with Crippen molar-refractivity contribution in [2.24, 2.45) is 0 Å². The summed E-state index contributed by atoms with van der Waals surface area (Å²) in [5.41, 5.74) is 0. The van der Waals surface area contributed by atoms with Gasteiger partial charge in [-0.1, -0.05) is 0 Å². The van der Waals surface area contributed by atoms with Crippen LogP contribution in [0.4, 0.5) is 0 Å². The third kappa shape index (κ3) is 9.48. The largest absolute Gasteiger partial charge is 0.463 e. The predicted octanol–water partition coefficient (Wildman–Crippen LogP) is 0.955. The maximum Gasteiger partial charge on any atom is 0.302 e. The van der Waals surface area contributed by atoms with Crippen molar-refractivity contribution in [3.05, 3.63) is 0 Å². The standard InChI is InChI=1S/C5H10O2.Pt/c1-4(2)7-5(3)6;/h4H,1-3H3;. The molecule has 0 spiro atoms. The second-order valence-corrected chi connectivity index (χ2v) is 1.66. The van der Waals surface area contributed by atoms with Crippen LogP contribution in [0.5, 0.6) is 0 Å². The van der Waals surface area contributed by atoms with Gasteiger partial charge in [0.05, 0.1) is 6.10 Å². The zero-order valence-electron chi connectivity index (χ0n) is 5.21. The SMILES string of the molecule is CC(=O)OC(C)C.[Pt]. The molecule has 0 fully saturated rings. The van der Waals surface area contributed by atoms with E-state index >= 15 is 0 Å². The van der Waals surface area contributed by atoms with Crippen LogP contribution in [0.15, 0.2) is 0 Å². The fraction of sp³-hybridized carbons (Fsp3) is 0.800. The first-order valence-electron chi connectivity index (χ1n) is 2.30. The third-order valence-corrected chi connectivity index (χ3v) is 0.402. The van der Waals surface area contributed by atoms with E-state index < -0.39 is 0 Å². The molecule has 0 aliphatic rings. The van der Waals surface area contributed by atoms with Crippen molar-refractivity contribution in [1.29, 1.82) is 0 Å². The van der Waals surface area contributed by atoms with Crippen LogP contribution in [0.25, 0.3) is 0 Å². The molecule has 0 aromatic heterocycles. The van der Waals surface area contributed by atoms with Gasteiger partial charge in [-0.05, 0) is 13.8 Å². The van der Waals surface area contributed by atoms with Crippen LogP contribution in [0.1, 0.15) is 20.8 Å². The van der Waals surface area contributed by atoms with Gasteiger partial charge < -0.3 is 4.74 Å². The molecule has 0 unspecified atom stereocenters. The zero-order chi connectivity index (χ0) is 5.86. The first-order valence-corrected chi connectivity index (χ1v) is 2.30. The average molecular weight is 297 g/mol. The molecular weight excluding hydrogens is 287 g/mol. The zero-order valence-corrected chi connectivity index (χ0v) is 7.48. The van der Waals surface area contributed by atoms with Gasteiger partial charge in [-0.3, -0.25) is 4.79 Å². The number of hydrogen-bond donors (Lipinski definition) is 0. The van der Waals surface area contributed by atoms with Crippen molar-refractivity contribution < 1.29 is 30.6 Å². The van der Waals surface area contributed by atoms with Gasteiger partial charge in [0.2, 0.25) is 0 Å². The molecule has 0 amide bonds. The van der Waals surface area contributed by atoms with E-state index in [-0.39, 0.29) is 33.1 Å². The molecule has 0 bridgehead atoms. The van der Waals surface area contributed by atoms with Gasteiger partial charge in [0, 0.05) is 28.0 Å². The molecule has 0 atom stereocenters. The molecule has 0 aliphatic heterocycles. The van der Waals surface area contributed by atoms with E-state index in [4.69, 9.17) is 0 Å². The molecule has 0 rings (SSSR count). The molecular formula is C5H10O2Pt. The molecule has 0 aromatic rings. The first kappa shape index (κ1) is 11.0. The van der Waals surface area contributed by atoms with Crippen LogP contribution in [0, 0.1) is 0 Å². The summed E-state index contributed by atoms with van der Waals surface area (Å²) in [6, 6.07) is 0. The topological polar surface area (TPSA) is 26.3 Å². The van der Waals surface area contributed by atoms with Crippen molar-refractivity contribution >= 4 is 5.97 Å². The smallest absolute Gasteiger partial charge is 0.302 e. The van der Waals surface area contributed by atoms with E-state index in [2.05, 4.69) is 4.74 Å². The van der Waals surface area contributed by atoms with Gasteiger partial charge >= 0.3 is 5.97 Å². The summed E-state index contributed by atoms with van der Waals surface area (Å²) in [7, 11) is 0. The molecule has 0 radical (unpaired) electrons. The summed E-state index contributed by atoms with van der Waals surface area (Å²) in [4.78, 5) is 10.0. The molecule has 0 heterocycles. The van der Waals surface area contributed by atoms with E-state index in [1.807, 2.05) is 13.8 Å². The third-order valence-electron chi connectivity index (χ3n) is 0.402. The molecule has 0 aliphatic carbocycles. The molecule has 3 heteroatoms. The number of esters is 1. The molecule has 0 N–H and O–H groups in total. The Kier molecular flexibility index (Phi) is 7.30. The van der Waals surface area contributed by atoms with Crippen molar-refractivity contribution in [2.75, 3.05) is 0 Å². The van der Waals surface area contributed by atoms with Crippen molar-refractivity contribution in [2.45, 2.75) is 26.9 Å². The van der Waals surface area contributed by atoms with E-state index in [0.717, 1.165) is 0 Å². The van der Waals surface area contributed by atoms with Gasteiger partial charge in [0.25, 0.3) is 0 Å². The minimum Gasteiger partial charge on any atom is -0.463 e. The Hall–Kier alpha value is 0.158. The number of rotatable bonds is 1. The second kappa shape index (κ2) is 5.30. The Morgan fingerprint density at radius 1 is 1.50 bits per heavy atom. The van der Waals surface area contributed by atoms with Crippen molar-refractivity contribution in [3.63, 3.8) is 0 Å². The van der Waals surface area contributed by atoms with Crippen LogP contribution >= 0.6 is 0 Å². The molecule has 0 aromatic carbocycles. The van der Waals surface area contributed by atoms with Crippen LogP contribution in [0.2, 0.25) is 0 Å². The Bertz CT molecular complexity index is 70.8. The van der Waals surface area contributed by atoms with E-state index in [1.54, 1.807) is 0 Å². The molecule has 0 saturated carbocycles. The quantitative estimate of drug-likeness (QED) is 0.674. The van der Waals surface area contributed by atoms with Crippen LogP contribution in [-0.4, -0.2) is 12.1 Å². The van der Waals surface area contributed by atoms with E-state index in [0.29, 0.717) is 0 Å². The van der Waals surface area contributed by atoms with Crippen molar-refractivity contribution in [3.8, 4) is 0 Å². The van der Waals surface area contributed by atoms with Gasteiger partial charge in [0.15, 0.2) is 0 Å². The molecule has 52 valence electrons. The number of carbonyl (C=O) groups is 1. The monoisotopic (exact) mass is 297 g/mol.